The lowest BCUT2D eigenvalue weighted by Crippen LogP contribution is -2.29. The van der Waals surface area contributed by atoms with Crippen LogP contribution in [0.4, 0.5) is 0 Å². The Morgan fingerprint density at radius 3 is 2.96 bits per heavy atom. The highest BCUT2D eigenvalue weighted by molar-refractivity contribution is 6.06. The fourth-order valence-corrected chi connectivity index (χ4v) is 3.56. The van der Waals surface area contributed by atoms with Crippen molar-refractivity contribution in [3.63, 3.8) is 0 Å². The third-order valence-corrected chi connectivity index (χ3v) is 4.93. The highest BCUT2D eigenvalue weighted by atomic mass is 16.1. The highest BCUT2D eigenvalue weighted by Gasteiger charge is 2.17. The number of benzene rings is 2. The Morgan fingerprint density at radius 2 is 2.04 bits per heavy atom. The quantitative estimate of drug-likeness (QED) is 0.775. The largest absolute Gasteiger partial charge is 0.348 e. The maximum Gasteiger partial charge on any atom is 0.252 e. The second-order valence-electron chi connectivity index (χ2n) is 6.46. The second kappa shape index (κ2) is 6.65. The average molecular weight is 331 g/mol. The summed E-state index contributed by atoms with van der Waals surface area (Å²) < 4.78 is 0. The summed E-state index contributed by atoms with van der Waals surface area (Å²) in [6, 6.07) is 13.8. The van der Waals surface area contributed by atoms with Crippen LogP contribution in [0.25, 0.3) is 10.8 Å². The van der Waals surface area contributed by atoms with E-state index in [4.69, 9.17) is 0 Å². The van der Waals surface area contributed by atoms with Crippen molar-refractivity contribution in [2.75, 3.05) is 6.54 Å². The predicted molar refractivity (Wildman–Crippen MR) is 99.5 cm³/mol. The molecule has 25 heavy (non-hydrogen) atoms. The van der Waals surface area contributed by atoms with E-state index >= 15 is 0 Å². The molecule has 2 heterocycles. The number of aryl methyl sites for hydroxylation is 1. The molecular formula is C21H21N3O. The Morgan fingerprint density at radius 1 is 1.20 bits per heavy atom. The standard InChI is InChI=1S/C21H21N3O/c1-14-20(18-9-10-22-11-16(18)12-23-14)13-24-21(25)19-8-4-6-15-5-2-3-7-17(15)19/h2-8,12,22H,9-11,13H2,1H3,(H,24,25). The van der Waals surface area contributed by atoms with Crippen LogP contribution < -0.4 is 10.6 Å². The average Bonchev–Trinajstić information content (AvgIpc) is 2.66. The number of hydrogen-bond acceptors (Lipinski definition) is 3. The molecule has 0 saturated heterocycles. The van der Waals surface area contributed by atoms with Gasteiger partial charge in [0.1, 0.15) is 0 Å². The van der Waals surface area contributed by atoms with Gasteiger partial charge in [-0.25, -0.2) is 0 Å². The van der Waals surface area contributed by atoms with Crippen molar-refractivity contribution < 1.29 is 4.79 Å². The van der Waals surface area contributed by atoms with Crippen LogP contribution in [0.3, 0.4) is 0 Å². The smallest absolute Gasteiger partial charge is 0.252 e. The number of pyridine rings is 1. The summed E-state index contributed by atoms with van der Waals surface area (Å²) in [6.07, 6.45) is 2.94. The molecule has 2 N–H and O–H groups in total. The zero-order valence-corrected chi connectivity index (χ0v) is 14.3. The predicted octanol–water partition coefficient (Wildman–Crippen LogP) is 3.12. The molecule has 4 heteroatoms. The first kappa shape index (κ1) is 15.8. The number of rotatable bonds is 3. The normalized spacial score (nSPS) is 13.5. The Labute approximate surface area is 147 Å². The summed E-state index contributed by atoms with van der Waals surface area (Å²) in [7, 11) is 0. The van der Waals surface area contributed by atoms with Crippen molar-refractivity contribution in [3.8, 4) is 0 Å². The maximum absolute atomic E-state index is 12.8. The van der Waals surface area contributed by atoms with E-state index in [1.807, 2.05) is 55.6 Å². The molecule has 126 valence electrons. The minimum Gasteiger partial charge on any atom is -0.348 e. The van der Waals surface area contributed by atoms with Crippen LogP contribution in [-0.2, 0) is 19.5 Å². The Bertz CT molecular complexity index is 944. The number of carbonyl (C=O) groups excluding carboxylic acids is 1. The van der Waals surface area contributed by atoms with Crippen molar-refractivity contribution in [1.29, 1.82) is 0 Å². The van der Waals surface area contributed by atoms with Gasteiger partial charge >= 0.3 is 0 Å². The van der Waals surface area contributed by atoms with Gasteiger partial charge in [0.2, 0.25) is 0 Å². The molecule has 0 spiro atoms. The minimum absolute atomic E-state index is 0.0391. The van der Waals surface area contributed by atoms with Crippen molar-refractivity contribution in [2.45, 2.75) is 26.4 Å². The first-order chi connectivity index (χ1) is 12.2. The summed E-state index contributed by atoms with van der Waals surface area (Å²) >= 11 is 0. The van der Waals surface area contributed by atoms with Crippen LogP contribution in [0.15, 0.2) is 48.7 Å². The fraction of sp³-hybridized carbons (Fsp3) is 0.238. The first-order valence-corrected chi connectivity index (χ1v) is 8.67. The molecule has 0 saturated carbocycles. The third kappa shape index (κ3) is 3.01. The molecule has 0 radical (unpaired) electrons. The van der Waals surface area contributed by atoms with E-state index in [0.29, 0.717) is 6.54 Å². The number of nitrogens with one attached hydrogen (secondary N) is 2. The number of hydrogen-bond donors (Lipinski definition) is 2. The van der Waals surface area contributed by atoms with E-state index in [9.17, 15) is 4.79 Å². The molecule has 0 fully saturated rings. The maximum atomic E-state index is 12.8. The third-order valence-electron chi connectivity index (χ3n) is 4.93. The summed E-state index contributed by atoms with van der Waals surface area (Å²) in [5, 5.41) is 8.53. The van der Waals surface area contributed by atoms with E-state index in [0.717, 1.165) is 47.1 Å². The van der Waals surface area contributed by atoms with Crippen molar-refractivity contribution >= 4 is 16.7 Å². The lowest BCUT2D eigenvalue weighted by molar-refractivity contribution is 0.0952. The Kier molecular flexibility index (Phi) is 4.20. The van der Waals surface area contributed by atoms with Crippen molar-refractivity contribution in [2.24, 2.45) is 0 Å². The Hall–Kier alpha value is -2.72. The van der Waals surface area contributed by atoms with Crippen molar-refractivity contribution in [1.82, 2.24) is 15.6 Å². The van der Waals surface area contributed by atoms with Gasteiger partial charge in [-0.3, -0.25) is 9.78 Å². The number of fused-ring (bicyclic) bond motifs is 2. The van der Waals surface area contributed by atoms with Crippen LogP contribution in [0.5, 0.6) is 0 Å². The summed E-state index contributed by atoms with van der Waals surface area (Å²) in [6.45, 7) is 4.36. The molecule has 1 aliphatic rings. The van der Waals surface area contributed by atoms with Crippen molar-refractivity contribution in [3.05, 3.63) is 76.6 Å². The summed E-state index contributed by atoms with van der Waals surface area (Å²) in [5.74, 6) is -0.0391. The van der Waals surface area contributed by atoms with Gasteiger partial charge in [0.25, 0.3) is 5.91 Å². The first-order valence-electron chi connectivity index (χ1n) is 8.67. The van der Waals surface area contributed by atoms with Gasteiger partial charge in [-0.1, -0.05) is 36.4 Å². The van der Waals surface area contributed by atoms with Crippen LogP contribution in [0.2, 0.25) is 0 Å². The second-order valence-corrected chi connectivity index (χ2v) is 6.46. The molecule has 3 aromatic rings. The molecule has 1 aromatic heterocycles. The van der Waals surface area contributed by atoms with E-state index in [1.54, 1.807) is 0 Å². The zero-order chi connectivity index (χ0) is 17.2. The molecular weight excluding hydrogens is 310 g/mol. The monoisotopic (exact) mass is 331 g/mol. The van der Waals surface area contributed by atoms with E-state index in [-0.39, 0.29) is 5.91 Å². The number of aromatic nitrogens is 1. The van der Waals surface area contributed by atoms with Gasteiger partial charge in [-0.05, 0) is 53.4 Å². The topological polar surface area (TPSA) is 54.0 Å². The van der Waals surface area contributed by atoms with E-state index < -0.39 is 0 Å². The van der Waals surface area contributed by atoms with Crippen LogP contribution in [0.1, 0.15) is 32.7 Å². The molecule has 1 aliphatic heterocycles. The lowest BCUT2D eigenvalue weighted by Gasteiger charge is -2.21. The molecule has 0 aliphatic carbocycles. The SMILES string of the molecule is Cc1ncc2c(c1CNC(=O)c1cccc3ccccc13)CCNC2. The van der Waals surface area contributed by atoms with Gasteiger partial charge in [0, 0.05) is 30.5 Å². The molecule has 0 atom stereocenters. The molecule has 0 bridgehead atoms. The Balaban J connectivity index is 1.60. The number of amides is 1. The van der Waals surface area contributed by atoms with Gasteiger partial charge in [-0.15, -0.1) is 0 Å². The molecule has 0 unspecified atom stereocenters. The number of nitrogens with zero attached hydrogens (tertiary/aromatic N) is 1. The zero-order valence-electron chi connectivity index (χ0n) is 14.3. The lowest BCUT2D eigenvalue weighted by atomic mass is 9.96. The van der Waals surface area contributed by atoms with Gasteiger partial charge in [0.05, 0.1) is 0 Å². The van der Waals surface area contributed by atoms with E-state index in [2.05, 4.69) is 15.6 Å². The van der Waals surface area contributed by atoms with Crippen LogP contribution >= 0.6 is 0 Å². The molecule has 2 aromatic carbocycles. The van der Waals surface area contributed by atoms with Gasteiger partial charge in [0.15, 0.2) is 0 Å². The molecule has 1 amide bonds. The summed E-state index contributed by atoms with van der Waals surface area (Å²) in [4.78, 5) is 17.3. The molecule has 4 nitrogen and oxygen atoms in total. The van der Waals surface area contributed by atoms with Gasteiger partial charge in [-0.2, -0.15) is 0 Å². The summed E-state index contributed by atoms with van der Waals surface area (Å²) in [5.41, 5.74) is 5.46. The van der Waals surface area contributed by atoms with E-state index in [1.165, 1.54) is 11.1 Å². The minimum atomic E-state index is -0.0391. The van der Waals surface area contributed by atoms with Crippen LogP contribution in [0, 0.1) is 6.92 Å². The van der Waals surface area contributed by atoms with Gasteiger partial charge < -0.3 is 10.6 Å². The number of carbonyl (C=O) groups is 1. The molecule has 4 rings (SSSR count). The highest BCUT2D eigenvalue weighted by Crippen LogP contribution is 2.21. The van der Waals surface area contributed by atoms with Crippen LogP contribution in [-0.4, -0.2) is 17.4 Å². The fourth-order valence-electron chi connectivity index (χ4n) is 3.56.